The average Bonchev–Trinajstić information content (AvgIpc) is 2.74. The van der Waals surface area contributed by atoms with Gasteiger partial charge in [0, 0.05) is 11.1 Å². The van der Waals surface area contributed by atoms with Gasteiger partial charge in [-0.15, -0.1) is 0 Å². The normalized spacial score (nSPS) is 10.3. The first-order chi connectivity index (χ1) is 13.7. The van der Waals surface area contributed by atoms with E-state index in [-0.39, 0.29) is 0 Å². The number of hydrogen-bond donors (Lipinski definition) is 0. The lowest BCUT2D eigenvalue weighted by molar-refractivity contribution is 0.922. The fraction of sp³-hybridized carbons (Fsp3) is 0.231. The molecule has 138 valence electrons. The zero-order valence-electron chi connectivity index (χ0n) is 16.5. The van der Waals surface area contributed by atoms with Gasteiger partial charge in [-0.25, -0.2) is 0 Å². The maximum atomic E-state index is 9.81. The van der Waals surface area contributed by atoms with Crippen molar-refractivity contribution >= 4 is 0 Å². The summed E-state index contributed by atoms with van der Waals surface area (Å²) < 4.78 is 0. The minimum absolute atomic E-state index is 0.445. The number of aryl methyl sites for hydroxylation is 2. The zero-order valence-corrected chi connectivity index (χ0v) is 16.5. The van der Waals surface area contributed by atoms with E-state index in [1.165, 1.54) is 11.1 Å². The number of hydrogen-bond acceptors (Lipinski definition) is 2. The molecule has 0 bridgehead atoms. The van der Waals surface area contributed by atoms with Crippen molar-refractivity contribution in [3.8, 4) is 34.4 Å². The van der Waals surface area contributed by atoms with Gasteiger partial charge < -0.3 is 0 Å². The summed E-state index contributed by atoms with van der Waals surface area (Å²) in [5, 5.41) is 19.6. The SMILES string of the molecule is CCCc1ccc(-c2ccc(-c3ccc(CCC)cc3)c(C#N)c2C#N)cc1. The van der Waals surface area contributed by atoms with Crippen molar-refractivity contribution in [3.63, 3.8) is 0 Å². The van der Waals surface area contributed by atoms with E-state index in [9.17, 15) is 10.5 Å². The van der Waals surface area contributed by atoms with Crippen LogP contribution in [0.4, 0.5) is 0 Å². The van der Waals surface area contributed by atoms with E-state index in [0.717, 1.165) is 47.9 Å². The van der Waals surface area contributed by atoms with Crippen molar-refractivity contribution in [2.24, 2.45) is 0 Å². The molecule has 0 spiro atoms. The summed E-state index contributed by atoms with van der Waals surface area (Å²) in [5.41, 5.74) is 7.03. The molecule has 3 rings (SSSR count). The molecule has 28 heavy (non-hydrogen) atoms. The van der Waals surface area contributed by atoms with Crippen molar-refractivity contribution < 1.29 is 0 Å². The number of benzene rings is 3. The molecular weight excluding hydrogens is 340 g/mol. The van der Waals surface area contributed by atoms with Crippen molar-refractivity contribution in [3.05, 3.63) is 82.9 Å². The van der Waals surface area contributed by atoms with Crippen LogP contribution in [-0.2, 0) is 12.8 Å². The summed E-state index contributed by atoms with van der Waals surface area (Å²) in [6, 6.07) is 25.1. The van der Waals surface area contributed by atoms with E-state index in [2.05, 4.69) is 50.3 Å². The zero-order chi connectivity index (χ0) is 19.9. The molecule has 0 heterocycles. The molecule has 0 aliphatic carbocycles. The van der Waals surface area contributed by atoms with Crippen LogP contribution in [0.25, 0.3) is 22.3 Å². The molecule has 2 heteroatoms. The van der Waals surface area contributed by atoms with E-state index in [4.69, 9.17) is 0 Å². The molecule has 0 aliphatic heterocycles. The summed E-state index contributed by atoms with van der Waals surface area (Å²) in [4.78, 5) is 0. The standard InChI is InChI=1S/C26H24N2/c1-3-5-19-7-11-21(12-8-19)23-15-16-24(26(18-28)25(23)17-27)22-13-9-20(6-4-2)10-14-22/h7-16H,3-6H2,1-2H3. The van der Waals surface area contributed by atoms with Gasteiger partial charge >= 0.3 is 0 Å². The Morgan fingerprint density at radius 3 is 1.21 bits per heavy atom. The van der Waals surface area contributed by atoms with Crippen LogP contribution in [0.1, 0.15) is 48.9 Å². The first-order valence-corrected chi connectivity index (χ1v) is 9.87. The molecule has 3 aromatic rings. The second kappa shape index (κ2) is 9.03. The van der Waals surface area contributed by atoms with E-state index in [1.807, 2.05) is 36.4 Å². The quantitative estimate of drug-likeness (QED) is 0.490. The monoisotopic (exact) mass is 364 g/mol. The first kappa shape index (κ1) is 19.4. The van der Waals surface area contributed by atoms with Crippen LogP contribution in [0, 0.1) is 22.7 Å². The van der Waals surface area contributed by atoms with Gasteiger partial charge in [0.15, 0.2) is 0 Å². The van der Waals surface area contributed by atoms with Crippen molar-refractivity contribution in [1.29, 1.82) is 10.5 Å². The third-order valence-electron chi connectivity index (χ3n) is 5.04. The lowest BCUT2D eigenvalue weighted by atomic mass is 9.89. The Morgan fingerprint density at radius 2 is 0.929 bits per heavy atom. The van der Waals surface area contributed by atoms with Gasteiger partial charge in [-0.1, -0.05) is 87.4 Å². The maximum Gasteiger partial charge on any atom is 0.101 e. The maximum absolute atomic E-state index is 9.81. The minimum atomic E-state index is 0.445. The first-order valence-electron chi connectivity index (χ1n) is 9.87. The van der Waals surface area contributed by atoms with Gasteiger partial charge in [0.25, 0.3) is 0 Å². The molecule has 2 nitrogen and oxygen atoms in total. The smallest absolute Gasteiger partial charge is 0.101 e. The Morgan fingerprint density at radius 1 is 0.571 bits per heavy atom. The highest BCUT2D eigenvalue weighted by atomic mass is 14.3. The molecule has 0 aromatic heterocycles. The second-order valence-electron chi connectivity index (χ2n) is 7.03. The summed E-state index contributed by atoms with van der Waals surface area (Å²) in [6.45, 7) is 4.32. The van der Waals surface area contributed by atoms with E-state index < -0.39 is 0 Å². The van der Waals surface area contributed by atoms with Crippen LogP contribution < -0.4 is 0 Å². The minimum Gasteiger partial charge on any atom is -0.192 e. The number of nitriles is 2. The molecule has 0 radical (unpaired) electrons. The topological polar surface area (TPSA) is 47.6 Å². The summed E-state index contributed by atoms with van der Waals surface area (Å²) in [6.07, 6.45) is 4.30. The Labute approximate surface area is 167 Å². The van der Waals surface area contributed by atoms with E-state index >= 15 is 0 Å². The number of nitrogens with zero attached hydrogens (tertiary/aromatic N) is 2. The molecule has 0 N–H and O–H groups in total. The largest absolute Gasteiger partial charge is 0.192 e. The Kier molecular flexibility index (Phi) is 6.25. The summed E-state index contributed by atoms with van der Waals surface area (Å²) in [5.74, 6) is 0. The lowest BCUT2D eigenvalue weighted by Gasteiger charge is -2.12. The fourth-order valence-electron chi connectivity index (χ4n) is 3.60. The summed E-state index contributed by atoms with van der Waals surface area (Å²) in [7, 11) is 0. The van der Waals surface area contributed by atoms with Gasteiger partial charge in [0.05, 0.1) is 11.1 Å². The van der Waals surface area contributed by atoms with Crippen LogP contribution in [0.5, 0.6) is 0 Å². The molecule has 3 aromatic carbocycles. The van der Waals surface area contributed by atoms with Crippen LogP contribution in [0.3, 0.4) is 0 Å². The van der Waals surface area contributed by atoms with Gasteiger partial charge in [0.2, 0.25) is 0 Å². The third kappa shape index (κ3) is 3.98. The Bertz CT molecular complexity index is 944. The highest BCUT2D eigenvalue weighted by Crippen LogP contribution is 2.33. The van der Waals surface area contributed by atoms with E-state index in [0.29, 0.717) is 11.1 Å². The van der Waals surface area contributed by atoms with Crippen LogP contribution in [0.15, 0.2) is 60.7 Å². The highest BCUT2D eigenvalue weighted by Gasteiger charge is 2.15. The van der Waals surface area contributed by atoms with Crippen molar-refractivity contribution in [2.45, 2.75) is 39.5 Å². The van der Waals surface area contributed by atoms with Gasteiger partial charge in [0.1, 0.15) is 12.1 Å². The van der Waals surface area contributed by atoms with Gasteiger partial charge in [-0.2, -0.15) is 10.5 Å². The molecule has 0 fully saturated rings. The molecule has 0 aliphatic rings. The van der Waals surface area contributed by atoms with Crippen LogP contribution in [-0.4, -0.2) is 0 Å². The molecular formula is C26H24N2. The van der Waals surface area contributed by atoms with Crippen LogP contribution >= 0.6 is 0 Å². The molecule has 0 saturated carbocycles. The average molecular weight is 364 g/mol. The molecule has 0 amide bonds. The van der Waals surface area contributed by atoms with Crippen molar-refractivity contribution in [1.82, 2.24) is 0 Å². The fourth-order valence-corrected chi connectivity index (χ4v) is 3.60. The third-order valence-corrected chi connectivity index (χ3v) is 5.04. The molecule has 0 atom stereocenters. The van der Waals surface area contributed by atoms with Gasteiger partial charge in [-0.05, 0) is 35.1 Å². The van der Waals surface area contributed by atoms with Gasteiger partial charge in [-0.3, -0.25) is 0 Å². The predicted octanol–water partition coefficient (Wildman–Crippen LogP) is 6.67. The lowest BCUT2D eigenvalue weighted by Crippen LogP contribution is -1.95. The summed E-state index contributed by atoms with van der Waals surface area (Å²) >= 11 is 0. The predicted molar refractivity (Wildman–Crippen MR) is 115 cm³/mol. The molecule has 0 unspecified atom stereocenters. The highest BCUT2D eigenvalue weighted by molar-refractivity contribution is 5.82. The van der Waals surface area contributed by atoms with Crippen LogP contribution in [0.2, 0.25) is 0 Å². The second-order valence-corrected chi connectivity index (χ2v) is 7.03. The Balaban J connectivity index is 2.06. The molecule has 0 saturated heterocycles. The number of rotatable bonds is 6. The van der Waals surface area contributed by atoms with E-state index in [1.54, 1.807) is 0 Å². The van der Waals surface area contributed by atoms with Crippen molar-refractivity contribution in [2.75, 3.05) is 0 Å². The Hall–Kier alpha value is -3.36.